The highest BCUT2D eigenvalue weighted by Gasteiger charge is 2.32. The molecule has 3 aromatic heterocycles. The van der Waals surface area contributed by atoms with E-state index in [4.69, 9.17) is 9.41 Å². The predicted octanol–water partition coefficient (Wildman–Crippen LogP) is 4.59. The monoisotopic (exact) mass is 617 g/mol. The van der Waals surface area contributed by atoms with E-state index in [0.717, 1.165) is 11.3 Å². The number of tetrazole rings is 1. The van der Waals surface area contributed by atoms with Crippen LogP contribution in [0.3, 0.4) is 0 Å². The highest BCUT2D eigenvalue weighted by molar-refractivity contribution is 7.99. The van der Waals surface area contributed by atoms with E-state index in [9.17, 15) is 9.59 Å². The van der Waals surface area contributed by atoms with Gasteiger partial charge in [-0.2, -0.15) is 4.68 Å². The summed E-state index contributed by atoms with van der Waals surface area (Å²) >= 11 is 2.52. The SMILES string of the molecule is CC1=C(C(=O)Nc2ccccc2)[C@@H](c2ccccc2)n2c(s/c(=C\c3ccc(Sc4nnnn4-c4ccccc4)o3)c2=O)=N1. The van der Waals surface area contributed by atoms with E-state index in [1.807, 2.05) is 91.0 Å². The van der Waals surface area contributed by atoms with Crippen molar-refractivity contribution < 1.29 is 9.21 Å². The number of rotatable bonds is 7. The molecule has 0 spiro atoms. The average Bonchev–Trinajstić information content (AvgIpc) is 3.77. The van der Waals surface area contributed by atoms with Crippen LogP contribution in [0, 0.1) is 0 Å². The molecule has 6 aromatic rings. The Labute approximate surface area is 258 Å². The Morgan fingerprint density at radius 2 is 1.66 bits per heavy atom. The number of aromatic nitrogens is 5. The second-order valence-corrected chi connectivity index (χ2v) is 11.8. The van der Waals surface area contributed by atoms with E-state index in [0.29, 0.717) is 42.3 Å². The second-order valence-electron chi connectivity index (χ2n) is 9.78. The molecule has 0 saturated carbocycles. The molecule has 1 amide bonds. The first-order valence-electron chi connectivity index (χ1n) is 13.6. The maximum absolute atomic E-state index is 14.0. The zero-order valence-corrected chi connectivity index (χ0v) is 24.8. The fourth-order valence-corrected chi connectivity index (χ4v) is 6.73. The van der Waals surface area contributed by atoms with Crippen LogP contribution >= 0.6 is 23.1 Å². The number of allylic oxidation sites excluding steroid dienone is 1. The van der Waals surface area contributed by atoms with Gasteiger partial charge < -0.3 is 9.73 Å². The molecule has 0 aliphatic carbocycles. The van der Waals surface area contributed by atoms with Gasteiger partial charge in [0.2, 0.25) is 5.16 Å². The van der Waals surface area contributed by atoms with Gasteiger partial charge >= 0.3 is 0 Å². The Morgan fingerprint density at radius 1 is 0.955 bits per heavy atom. The molecule has 12 heteroatoms. The lowest BCUT2D eigenvalue weighted by Gasteiger charge is -2.25. The lowest BCUT2D eigenvalue weighted by Crippen LogP contribution is -2.40. The minimum Gasteiger partial charge on any atom is -0.450 e. The van der Waals surface area contributed by atoms with Crippen molar-refractivity contribution in [2.24, 2.45) is 4.99 Å². The molecular weight excluding hydrogens is 595 g/mol. The number of benzene rings is 3. The number of para-hydroxylation sites is 2. The van der Waals surface area contributed by atoms with Crippen molar-refractivity contribution in [3.8, 4) is 5.69 Å². The lowest BCUT2D eigenvalue weighted by atomic mass is 9.95. The molecule has 1 aliphatic heterocycles. The molecule has 1 aliphatic rings. The summed E-state index contributed by atoms with van der Waals surface area (Å²) in [7, 11) is 0. The third kappa shape index (κ3) is 5.32. The summed E-state index contributed by atoms with van der Waals surface area (Å²) in [5, 5.41) is 16.1. The summed E-state index contributed by atoms with van der Waals surface area (Å²) < 4.78 is 9.70. The Morgan fingerprint density at radius 3 is 2.41 bits per heavy atom. The van der Waals surface area contributed by atoms with Crippen LogP contribution in [0.25, 0.3) is 11.8 Å². The molecular formula is C32H23N7O3S2. The van der Waals surface area contributed by atoms with E-state index < -0.39 is 6.04 Å². The third-order valence-electron chi connectivity index (χ3n) is 6.92. The molecule has 7 rings (SSSR count). The number of hydrogen-bond donors (Lipinski definition) is 1. The number of thiazole rings is 1. The molecule has 3 aromatic carbocycles. The quantitative estimate of drug-likeness (QED) is 0.278. The molecule has 10 nitrogen and oxygen atoms in total. The topological polar surface area (TPSA) is 120 Å². The van der Waals surface area contributed by atoms with Crippen LogP contribution in [0.15, 0.2) is 139 Å². The Hall–Kier alpha value is -5.33. The maximum atomic E-state index is 14.0. The predicted molar refractivity (Wildman–Crippen MR) is 167 cm³/mol. The molecule has 0 bridgehead atoms. The van der Waals surface area contributed by atoms with Crippen molar-refractivity contribution in [2.45, 2.75) is 23.2 Å². The number of furan rings is 1. The standard InChI is InChI=1S/C32H23N7O3S2/c1-20-27(29(40)34-22-13-7-3-8-14-22)28(21-11-5-2-6-12-21)38-30(41)25(43-31(38)33-20)19-24-17-18-26(42-24)44-32-35-36-37-39(32)23-15-9-4-10-16-23/h2-19,28H,1H3,(H,34,40)/b25-19-/t28-/m1/s1. The summed E-state index contributed by atoms with van der Waals surface area (Å²) in [6.45, 7) is 1.80. The maximum Gasteiger partial charge on any atom is 0.271 e. The van der Waals surface area contributed by atoms with Crippen LogP contribution in [-0.2, 0) is 4.79 Å². The minimum atomic E-state index is -0.655. The first-order valence-corrected chi connectivity index (χ1v) is 15.2. The first-order chi connectivity index (χ1) is 21.5. The second kappa shape index (κ2) is 11.7. The van der Waals surface area contributed by atoms with Gasteiger partial charge in [-0.25, -0.2) is 4.99 Å². The first kappa shape index (κ1) is 27.5. The van der Waals surface area contributed by atoms with E-state index in [1.165, 1.54) is 23.1 Å². The van der Waals surface area contributed by atoms with Crippen LogP contribution in [0.5, 0.6) is 0 Å². The van der Waals surface area contributed by atoms with Crippen LogP contribution < -0.4 is 20.2 Å². The highest BCUT2D eigenvalue weighted by Crippen LogP contribution is 2.31. The van der Waals surface area contributed by atoms with Crippen LogP contribution in [0.4, 0.5) is 5.69 Å². The summed E-state index contributed by atoms with van der Waals surface area (Å²) in [5.41, 5.74) is 2.98. The zero-order valence-electron chi connectivity index (χ0n) is 23.2. The molecule has 0 unspecified atom stereocenters. The fourth-order valence-electron chi connectivity index (χ4n) is 4.94. The number of carbonyl (C=O) groups is 1. The molecule has 4 heterocycles. The largest absolute Gasteiger partial charge is 0.450 e. The number of carbonyl (C=O) groups excluding carboxylic acids is 1. The van der Waals surface area contributed by atoms with Crippen molar-refractivity contribution in [1.82, 2.24) is 24.8 Å². The summed E-state index contributed by atoms with van der Waals surface area (Å²) in [5.74, 6) is 0.177. The van der Waals surface area contributed by atoms with E-state index in [1.54, 1.807) is 34.4 Å². The van der Waals surface area contributed by atoms with Gasteiger partial charge in [0.05, 0.1) is 27.5 Å². The van der Waals surface area contributed by atoms with Crippen molar-refractivity contribution in [1.29, 1.82) is 0 Å². The van der Waals surface area contributed by atoms with E-state index in [2.05, 4.69) is 20.8 Å². The van der Waals surface area contributed by atoms with E-state index >= 15 is 0 Å². The van der Waals surface area contributed by atoms with Crippen molar-refractivity contribution in [2.75, 3.05) is 5.32 Å². The Bertz CT molecular complexity index is 2180. The van der Waals surface area contributed by atoms with Crippen LogP contribution in [0.2, 0.25) is 0 Å². The van der Waals surface area contributed by atoms with Crippen LogP contribution in [0.1, 0.15) is 24.3 Å². The van der Waals surface area contributed by atoms with Gasteiger partial charge in [0.25, 0.3) is 11.5 Å². The Balaban J connectivity index is 1.24. The molecule has 0 saturated heterocycles. The van der Waals surface area contributed by atoms with Crippen molar-refractivity contribution >= 4 is 40.8 Å². The number of fused-ring (bicyclic) bond motifs is 1. The zero-order chi connectivity index (χ0) is 30.0. The van der Waals surface area contributed by atoms with Gasteiger partial charge in [0, 0.05) is 11.8 Å². The third-order valence-corrected chi connectivity index (χ3v) is 8.76. The van der Waals surface area contributed by atoms with E-state index in [-0.39, 0.29) is 11.5 Å². The summed E-state index contributed by atoms with van der Waals surface area (Å²) in [4.78, 5) is 32.8. The molecule has 1 N–H and O–H groups in total. The number of nitrogens with one attached hydrogen (secondary N) is 1. The van der Waals surface area contributed by atoms with Gasteiger partial charge in [0.15, 0.2) is 9.89 Å². The van der Waals surface area contributed by atoms with Crippen molar-refractivity contribution in [3.63, 3.8) is 0 Å². The molecule has 44 heavy (non-hydrogen) atoms. The number of nitrogens with zero attached hydrogens (tertiary/aromatic N) is 6. The molecule has 1 atom stereocenters. The van der Waals surface area contributed by atoms with Crippen molar-refractivity contribution in [3.05, 3.63) is 145 Å². The molecule has 0 radical (unpaired) electrons. The normalized spacial score (nSPS) is 14.8. The minimum absolute atomic E-state index is 0.265. The molecule has 0 fully saturated rings. The fraction of sp³-hybridized carbons (Fsp3) is 0.0625. The molecule has 216 valence electrons. The van der Waals surface area contributed by atoms with Gasteiger partial charge in [-0.3, -0.25) is 14.2 Å². The summed E-state index contributed by atoms with van der Waals surface area (Å²) in [6, 6.07) is 31.2. The number of anilines is 1. The lowest BCUT2D eigenvalue weighted by molar-refractivity contribution is -0.113. The summed E-state index contributed by atoms with van der Waals surface area (Å²) in [6.07, 6.45) is 1.69. The highest BCUT2D eigenvalue weighted by atomic mass is 32.2. The smallest absolute Gasteiger partial charge is 0.271 e. The Kier molecular flexibility index (Phi) is 7.34. The van der Waals surface area contributed by atoms with Gasteiger partial charge in [-0.15, -0.1) is 5.10 Å². The van der Waals surface area contributed by atoms with Gasteiger partial charge in [-0.1, -0.05) is 78.1 Å². The van der Waals surface area contributed by atoms with Gasteiger partial charge in [-0.05, 0) is 71.1 Å². The number of amides is 1. The van der Waals surface area contributed by atoms with Crippen LogP contribution in [-0.4, -0.2) is 30.7 Å². The average molecular weight is 618 g/mol. The number of hydrogen-bond acceptors (Lipinski definition) is 9. The van der Waals surface area contributed by atoms with Gasteiger partial charge in [0.1, 0.15) is 5.76 Å².